The molecular formula is C39H59N3O3. The molecule has 0 heterocycles. The second kappa shape index (κ2) is 11.7. The van der Waals surface area contributed by atoms with E-state index in [9.17, 15) is 14.7 Å². The van der Waals surface area contributed by atoms with Crippen molar-refractivity contribution in [2.24, 2.45) is 45.8 Å². The minimum atomic E-state index is -0.863. The van der Waals surface area contributed by atoms with E-state index in [0.29, 0.717) is 46.0 Å². The lowest BCUT2D eigenvalue weighted by Crippen LogP contribution is -2.67. The summed E-state index contributed by atoms with van der Waals surface area (Å²) in [4.78, 5) is 29.1. The van der Waals surface area contributed by atoms with Crippen LogP contribution in [0.1, 0.15) is 114 Å². The summed E-state index contributed by atoms with van der Waals surface area (Å²) in [7, 11) is 6.16. The zero-order valence-corrected chi connectivity index (χ0v) is 29.1. The van der Waals surface area contributed by atoms with Crippen molar-refractivity contribution in [3.63, 3.8) is 0 Å². The summed E-state index contributed by atoms with van der Waals surface area (Å²) in [5.41, 5.74) is 3.80. The van der Waals surface area contributed by atoms with Crippen molar-refractivity contribution in [3.8, 4) is 0 Å². The fourth-order valence-corrected chi connectivity index (χ4v) is 12.2. The van der Waals surface area contributed by atoms with Crippen LogP contribution in [0.4, 0.5) is 4.79 Å². The van der Waals surface area contributed by atoms with Crippen LogP contribution in [0.25, 0.3) is 5.57 Å². The third-order valence-corrected chi connectivity index (χ3v) is 14.8. The topological polar surface area (TPSA) is 72.9 Å². The van der Waals surface area contributed by atoms with Gasteiger partial charge < -0.3 is 20.2 Å². The van der Waals surface area contributed by atoms with Crippen LogP contribution in [-0.4, -0.2) is 66.7 Å². The quantitative estimate of drug-likeness (QED) is 0.324. The molecule has 5 aliphatic rings. The van der Waals surface area contributed by atoms with E-state index >= 15 is 0 Å². The number of hydrogen-bond donors (Lipinski definition) is 2. The molecule has 6 nitrogen and oxygen atoms in total. The number of hydrogen-bond acceptors (Lipinski definition) is 3. The molecule has 1 aromatic rings. The largest absolute Gasteiger partial charge is 0.478 e. The van der Waals surface area contributed by atoms with Crippen molar-refractivity contribution in [2.75, 3.05) is 34.2 Å². The van der Waals surface area contributed by atoms with E-state index in [1.807, 2.05) is 24.1 Å². The molecule has 5 aliphatic carbocycles. The average Bonchev–Trinajstić information content (AvgIpc) is 3.41. The summed E-state index contributed by atoms with van der Waals surface area (Å²) in [5.74, 6) is 2.21. The van der Waals surface area contributed by atoms with Crippen LogP contribution >= 0.6 is 0 Å². The Bertz CT molecular complexity index is 1320. The molecule has 0 aliphatic heterocycles. The number of aromatic carboxylic acids is 1. The number of nitrogens with zero attached hydrogens (tertiary/aromatic N) is 2. The number of fused-ring (bicyclic) bond motifs is 7. The third-order valence-electron chi connectivity index (χ3n) is 14.8. The first-order chi connectivity index (χ1) is 21.3. The molecule has 2 amide bonds. The van der Waals surface area contributed by atoms with Gasteiger partial charge in [0.25, 0.3) is 0 Å². The van der Waals surface area contributed by atoms with Crippen LogP contribution in [0.2, 0.25) is 0 Å². The lowest BCUT2D eigenvalue weighted by Gasteiger charge is -2.71. The van der Waals surface area contributed by atoms with Gasteiger partial charge >= 0.3 is 12.0 Å². The monoisotopic (exact) mass is 617 g/mol. The van der Waals surface area contributed by atoms with E-state index in [4.69, 9.17) is 0 Å². The predicted octanol–water partition coefficient (Wildman–Crippen LogP) is 8.19. The first-order valence-electron chi connectivity index (χ1n) is 18.0. The summed E-state index contributed by atoms with van der Waals surface area (Å²) in [6, 6.07) is 7.69. The maximum absolute atomic E-state index is 13.5. The van der Waals surface area contributed by atoms with Crippen LogP contribution in [0.15, 0.2) is 30.3 Å². The zero-order valence-electron chi connectivity index (χ0n) is 29.1. The molecule has 45 heavy (non-hydrogen) atoms. The summed E-state index contributed by atoms with van der Waals surface area (Å²) in [6.45, 7) is 12.2. The number of carboxylic acids is 1. The van der Waals surface area contributed by atoms with Crippen molar-refractivity contribution in [1.82, 2.24) is 15.1 Å². The Morgan fingerprint density at radius 3 is 2.29 bits per heavy atom. The van der Waals surface area contributed by atoms with Crippen LogP contribution in [0, 0.1) is 45.8 Å². The Labute approximate surface area is 272 Å². The van der Waals surface area contributed by atoms with Crippen LogP contribution in [0.3, 0.4) is 0 Å². The Hall–Kier alpha value is -2.34. The van der Waals surface area contributed by atoms with Gasteiger partial charge in [0.1, 0.15) is 0 Å². The molecule has 0 bridgehead atoms. The second-order valence-electron chi connectivity index (χ2n) is 16.9. The van der Waals surface area contributed by atoms with Gasteiger partial charge in [-0.3, -0.25) is 0 Å². The van der Waals surface area contributed by atoms with Crippen molar-refractivity contribution in [3.05, 3.63) is 41.5 Å². The summed E-state index contributed by atoms with van der Waals surface area (Å²) in [6.07, 6.45) is 15.8. The van der Waals surface area contributed by atoms with Crippen molar-refractivity contribution in [1.29, 1.82) is 0 Å². The first kappa shape index (κ1) is 32.6. The van der Waals surface area contributed by atoms with Gasteiger partial charge in [0.05, 0.1) is 5.56 Å². The lowest BCUT2D eigenvalue weighted by atomic mass is 9.34. The van der Waals surface area contributed by atoms with Gasteiger partial charge in [0.2, 0.25) is 0 Å². The van der Waals surface area contributed by atoms with Gasteiger partial charge in [0, 0.05) is 19.1 Å². The molecule has 0 saturated heterocycles. The fraction of sp³-hybridized carbons (Fsp3) is 0.744. The molecule has 6 rings (SSSR count). The molecule has 6 heteroatoms. The van der Waals surface area contributed by atoms with Gasteiger partial charge in [-0.1, -0.05) is 52.3 Å². The number of carboxylic acid groups (broad SMARTS) is 1. The molecule has 7 unspecified atom stereocenters. The van der Waals surface area contributed by atoms with E-state index in [-0.39, 0.29) is 17.0 Å². The van der Waals surface area contributed by atoms with E-state index in [2.05, 4.69) is 58.1 Å². The molecule has 9 atom stereocenters. The molecule has 4 saturated carbocycles. The van der Waals surface area contributed by atoms with Crippen LogP contribution in [-0.2, 0) is 0 Å². The van der Waals surface area contributed by atoms with Crippen molar-refractivity contribution in [2.45, 2.75) is 104 Å². The Morgan fingerprint density at radius 1 is 0.867 bits per heavy atom. The number of amides is 2. The second-order valence-corrected chi connectivity index (χ2v) is 16.9. The first-order valence-corrected chi connectivity index (χ1v) is 18.0. The smallest absolute Gasteiger partial charge is 0.335 e. The van der Waals surface area contributed by atoms with Crippen molar-refractivity contribution >= 4 is 17.6 Å². The van der Waals surface area contributed by atoms with E-state index < -0.39 is 5.97 Å². The lowest BCUT2D eigenvalue weighted by molar-refractivity contribution is -0.210. The van der Waals surface area contributed by atoms with Gasteiger partial charge in [-0.05, 0) is 154 Å². The minimum Gasteiger partial charge on any atom is -0.478 e. The SMILES string of the molecule is CC1C(c2ccc(C(=O)O)cc2)=CCC2(C)C1CCC1(C)C2CC[C@@H]2C3CCCC3(NC(=O)N(C)CCCN(C)C)CC[C@]21C. The number of allylic oxidation sites excluding steroid dienone is 2. The average molecular weight is 618 g/mol. The molecule has 248 valence electrons. The number of urea groups is 1. The number of rotatable bonds is 7. The predicted molar refractivity (Wildman–Crippen MR) is 182 cm³/mol. The maximum Gasteiger partial charge on any atom is 0.335 e. The molecule has 1 aromatic carbocycles. The van der Waals surface area contributed by atoms with E-state index in [1.165, 1.54) is 56.1 Å². The van der Waals surface area contributed by atoms with E-state index in [0.717, 1.165) is 38.8 Å². The summed E-state index contributed by atoms with van der Waals surface area (Å²) >= 11 is 0. The highest BCUT2D eigenvalue weighted by Gasteiger charge is 2.68. The van der Waals surface area contributed by atoms with Gasteiger partial charge in [-0.25, -0.2) is 9.59 Å². The molecule has 2 N–H and O–H groups in total. The Morgan fingerprint density at radius 2 is 1.60 bits per heavy atom. The highest BCUT2D eigenvalue weighted by atomic mass is 16.4. The number of benzene rings is 1. The molecular weight excluding hydrogens is 558 g/mol. The van der Waals surface area contributed by atoms with Crippen molar-refractivity contribution < 1.29 is 14.7 Å². The number of nitrogens with one attached hydrogen (secondary N) is 1. The molecule has 4 fully saturated rings. The fourth-order valence-electron chi connectivity index (χ4n) is 12.2. The summed E-state index contributed by atoms with van der Waals surface area (Å²) in [5, 5.41) is 13.1. The van der Waals surface area contributed by atoms with Crippen LogP contribution in [0.5, 0.6) is 0 Å². The van der Waals surface area contributed by atoms with Crippen LogP contribution < -0.4 is 5.32 Å². The summed E-state index contributed by atoms with van der Waals surface area (Å²) < 4.78 is 0. The molecule has 0 aromatic heterocycles. The van der Waals surface area contributed by atoms with E-state index in [1.54, 1.807) is 12.1 Å². The Balaban J connectivity index is 1.21. The van der Waals surface area contributed by atoms with Gasteiger partial charge in [-0.15, -0.1) is 0 Å². The number of carbonyl (C=O) groups is 2. The normalized spacial score (nSPS) is 40.4. The highest BCUT2D eigenvalue weighted by molar-refractivity contribution is 5.88. The number of carbonyl (C=O) groups excluding carboxylic acids is 1. The maximum atomic E-state index is 13.5. The minimum absolute atomic E-state index is 0.0332. The molecule has 0 spiro atoms. The van der Waals surface area contributed by atoms with Gasteiger partial charge in [0.15, 0.2) is 0 Å². The van der Waals surface area contributed by atoms with Gasteiger partial charge in [-0.2, -0.15) is 0 Å². The third kappa shape index (κ3) is 5.16. The molecule has 0 radical (unpaired) electrons. The Kier molecular flexibility index (Phi) is 8.49. The standard InChI is InChI=1S/C39H59N3O3/c1-26-29(27-11-13-28(14-12-27)34(43)44)17-20-36(2)30(26)18-21-38(4)33(36)16-15-31-32-10-8-19-39(32,23-22-37(31,38)3)40-35(45)42(7)25-9-24-41(5)6/h11-14,17,26,30-33H,8-10,15-16,18-25H2,1-7H3,(H,40,45)(H,43,44)/t26?,30?,31-,32?,33?,36?,37-,38?,39?/m1/s1. The zero-order chi connectivity index (χ0) is 32.4. The highest BCUT2D eigenvalue weighted by Crippen LogP contribution is 2.75.